The molecule has 2 rings (SSSR count). The Bertz CT molecular complexity index is 403. The fourth-order valence-electron chi connectivity index (χ4n) is 1.71. The number of anilines is 1. The molecule has 0 fully saturated rings. The molecule has 1 aromatic carbocycles. The van der Waals surface area contributed by atoms with Crippen LogP contribution in [-0.2, 0) is 11.2 Å². The largest absolute Gasteiger partial charge is 0.312 e. The third-order valence-corrected chi connectivity index (χ3v) is 2.37. The summed E-state index contributed by atoms with van der Waals surface area (Å²) >= 11 is 0. The number of benzene rings is 1. The second-order valence-electron chi connectivity index (χ2n) is 3.21. The van der Waals surface area contributed by atoms with Crippen LogP contribution in [0.15, 0.2) is 12.1 Å². The molecule has 1 aliphatic rings. The Hall–Kier alpha value is -1.45. The van der Waals surface area contributed by atoms with Gasteiger partial charge in [0.15, 0.2) is 11.6 Å². The molecule has 14 heavy (non-hydrogen) atoms. The van der Waals surface area contributed by atoms with Crippen molar-refractivity contribution in [3.8, 4) is 0 Å². The molecule has 0 bridgehead atoms. The average Bonchev–Trinajstić information content (AvgIpc) is 2.42. The normalized spacial score (nSPS) is 14.8. The average molecular weight is 197 g/mol. The molecule has 0 N–H and O–H groups in total. The minimum Gasteiger partial charge on any atom is -0.312 e. The van der Waals surface area contributed by atoms with Crippen LogP contribution in [-0.4, -0.2) is 12.5 Å². The Labute approximate surface area is 80.1 Å². The molecule has 2 nitrogen and oxygen atoms in total. The standard InChI is InChI=1S/C10H9F2NO/c1-2-13-9-5-8(12)7(11)3-6(9)4-10(13)14/h3,5H,2,4H2,1H3. The molecule has 0 atom stereocenters. The van der Waals surface area contributed by atoms with E-state index in [1.807, 2.05) is 0 Å². The van der Waals surface area contributed by atoms with Crippen molar-refractivity contribution >= 4 is 11.6 Å². The highest BCUT2D eigenvalue weighted by Gasteiger charge is 2.27. The number of hydrogen-bond donors (Lipinski definition) is 0. The van der Waals surface area contributed by atoms with Crippen molar-refractivity contribution in [2.24, 2.45) is 0 Å². The highest BCUT2D eigenvalue weighted by atomic mass is 19.2. The Kier molecular flexibility index (Phi) is 1.98. The first-order chi connectivity index (χ1) is 6.63. The predicted octanol–water partition coefficient (Wildman–Crippen LogP) is 1.87. The van der Waals surface area contributed by atoms with Crippen LogP contribution in [0.5, 0.6) is 0 Å². The molecular weight excluding hydrogens is 188 g/mol. The molecule has 0 spiro atoms. The van der Waals surface area contributed by atoms with Crippen molar-refractivity contribution in [1.29, 1.82) is 0 Å². The van der Waals surface area contributed by atoms with E-state index in [4.69, 9.17) is 0 Å². The van der Waals surface area contributed by atoms with Crippen LogP contribution in [0.25, 0.3) is 0 Å². The van der Waals surface area contributed by atoms with E-state index >= 15 is 0 Å². The van der Waals surface area contributed by atoms with E-state index in [-0.39, 0.29) is 12.3 Å². The Morgan fingerprint density at radius 2 is 2.00 bits per heavy atom. The number of hydrogen-bond acceptors (Lipinski definition) is 1. The lowest BCUT2D eigenvalue weighted by molar-refractivity contribution is -0.117. The zero-order valence-electron chi connectivity index (χ0n) is 7.68. The maximum atomic E-state index is 12.9. The molecule has 0 saturated heterocycles. The molecule has 1 aromatic rings. The monoisotopic (exact) mass is 197 g/mol. The first-order valence-corrected chi connectivity index (χ1v) is 4.41. The molecule has 0 aromatic heterocycles. The summed E-state index contributed by atoms with van der Waals surface area (Å²) in [5, 5.41) is 0. The van der Waals surface area contributed by atoms with E-state index in [0.717, 1.165) is 12.1 Å². The third kappa shape index (κ3) is 1.18. The maximum absolute atomic E-state index is 12.9. The summed E-state index contributed by atoms with van der Waals surface area (Å²) in [6.45, 7) is 2.28. The van der Waals surface area contributed by atoms with Gasteiger partial charge in [0, 0.05) is 12.6 Å². The number of fused-ring (bicyclic) bond motifs is 1. The molecule has 1 aliphatic heterocycles. The van der Waals surface area contributed by atoms with Crippen LogP contribution in [0.4, 0.5) is 14.5 Å². The minimum atomic E-state index is -0.906. The summed E-state index contributed by atoms with van der Waals surface area (Å²) in [6.07, 6.45) is 0.167. The molecule has 4 heteroatoms. The predicted molar refractivity (Wildman–Crippen MR) is 48.1 cm³/mol. The first-order valence-electron chi connectivity index (χ1n) is 4.41. The quantitative estimate of drug-likeness (QED) is 0.673. The lowest BCUT2D eigenvalue weighted by Gasteiger charge is -2.14. The van der Waals surface area contributed by atoms with Crippen molar-refractivity contribution in [3.05, 3.63) is 29.3 Å². The van der Waals surface area contributed by atoms with Crippen molar-refractivity contribution in [2.75, 3.05) is 11.4 Å². The summed E-state index contributed by atoms with van der Waals surface area (Å²) in [6, 6.07) is 2.18. The fourth-order valence-corrected chi connectivity index (χ4v) is 1.71. The second kappa shape index (κ2) is 3.04. The molecule has 1 amide bonds. The van der Waals surface area contributed by atoms with Gasteiger partial charge in [-0.3, -0.25) is 4.79 Å². The highest BCUT2D eigenvalue weighted by Crippen LogP contribution is 2.30. The van der Waals surface area contributed by atoms with E-state index in [2.05, 4.69) is 0 Å². The van der Waals surface area contributed by atoms with E-state index in [1.54, 1.807) is 6.92 Å². The number of carbonyl (C=O) groups is 1. The van der Waals surface area contributed by atoms with Gasteiger partial charge < -0.3 is 4.90 Å². The van der Waals surface area contributed by atoms with Gasteiger partial charge in [-0.15, -0.1) is 0 Å². The van der Waals surface area contributed by atoms with Gasteiger partial charge in [0.2, 0.25) is 5.91 Å². The van der Waals surface area contributed by atoms with E-state index in [9.17, 15) is 13.6 Å². The zero-order chi connectivity index (χ0) is 10.3. The van der Waals surface area contributed by atoms with Gasteiger partial charge in [0.25, 0.3) is 0 Å². The van der Waals surface area contributed by atoms with E-state index in [0.29, 0.717) is 17.8 Å². The fraction of sp³-hybridized carbons (Fsp3) is 0.300. The van der Waals surface area contributed by atoms with Crippen LogP contribution in [0.1, 0.15) is 12.5 Å². The van der Waals surface area contributed by atoms with Gasteiger partial charge in [0.1, 0.15) is 0 Å². The third-order valence-electron chi connectivity index (χ3n) is 2.37. The lowest BCUT2D eigenvalue weighted by Crippen LogP contribution is -2.25. The van der Waals surface area contributed by atoms with Crippen molar-refractivity contribution in [1.82, 2.24) is 0 Å². The number of rotatable bonds is 1. The lowest BCUT2D eigenvalue weighted by atomic mass is 10.1. The van der Waals surface area contributed by atoms with Crippen molar-refractivity contribution in [3.63, 3.8) is 0 Å². The van der Waals surface area contributed by atoms with Crippen LogP contribution in [0, 0.1) is 11.6 Å². The van der Waals surface area contributed by atoms with Gasteiger partial charge >= 0.3 is 0 Å². The number of nitrogens with zero attached hydrogens (tertiary/aromatic N) is 1. The molecule has 74 valence electrons. The smallest absolute Gasteiger partial charge is 0.231 e. The Morgan fingerprint density at radius 1 is 1.36 bits per heavy atom. The molecule has 1 heterocycles. The van der Waals surface area contributed by atoms with Crippen LogP contribution >= 0.6 is 0 Å². The topological polar surface area (TPSA) is 20.3 Å². The highest BCUT2D eigenvalue weighted by molar-refractivity contribution is 6.01. The van der Waals surface area contributed by atoms with Crippen molar-refractivity contribution < 1.29 is 13.6 Å². The van der Waals surface area contributed by atoms with E-state index in [1.165, 1.54) is 4.90 Å². The summed E-state index contributed by atoms with van der Waals surface area (Å²) in [5.41, 5.74) is 1.06. The van der Waals surface area contributed by atoms with Gasteiger partial charge in [-0.25, -0.2) is 8.78 Å². The summed E-state index contributed by atoms with van der Waals surface area (Å²) < 4.78 is 25.7. The number of halogens is 2. The SMILES string of the molecule is CCN1C(=O)Cc2cc(F)c(F)cc21. The molecule has 0 saturated carbocycles. The Morgan fingerprint density at radius 3 is 2.64 bits per heavy atom. The first kappa shape index (κ1) is 9.12. The molecule has 0 aliphatic carbocycles. The second-order valence-corrected chi connectivity index (χ2v) is 3.21. The zero-order valence-corrected chi connectivity index (χ0v) is 7.68. The van der Waals surface area contributed by atoms with Crippen molar-refractivity contribution in [2.45, 2.75) is 13.3 Å². The molecule has 0 unspecified atom stereocenters. The summed E-state index contributed by atoms with van der Waals surface area (Å²) in [5.74, 6) is -1.90. The van der Waals surface area contributed by atoms with Crippen LogP contribution in [0.2, 0.25) is 0 Å². The van der Waals surface area contributed by atoms with Gasteiger partial charge in [-0.1, -0.05) is 0 Å². The number of likely N-dealkylation sites (N-methyl/N-ethyl adjacent to an activating group) is 1. The van der Waals surface area contributed by atoms with E-state index < -0.39 is 11.6 Å². The van der Waals surface area contributed by atoms with Gasteiger partial charge in [-0.2, -0.15) is 0 Å². The maximum Gasteiger partial charge on any atom is 0.231 e. The van der Waals surface area contributed by atoms with Gasteiger partial charge in [-0.05, 0) is 18.6 Å². The molecular formula is C10H9F2NO. The van der Waals surface area contributed by atoms with Crippen LogP contribution in [0.3, 0.4) is 0 Å². The molecule has 0 radical (unpaired) electrons. The summed E-state index contributed by atoms with van der Waals surface area (Å²) in [4.78, 5) is 12.8. The number of amides is 1. The van der Waals surface area contributed by atoms with Gasteiger partial charge in [0.05, 0.1) is 12.1 Å². The Balaban J connectivity index is 2.54. The van der Waals surface area contributed by atoms with Crippen LogP contribution < -0.4 is 4.90 Å². The summed E-state index contributed by atoms with van der Waals surface area (Å²) in [7, 11) is 0. The minimum absolute atomic E-state index is 0.104. The number of carbonyl (C=O) groups excluding carboxylic acids is 1.